The third-order valence-electron chi connectivity index (χ3n) is 2.81. The first-order chi connectivity index (χ1) is 7.11. The van der Waals surface area contributed by atoms with E-state index in [0.717, 1.165) is 19.5 Å². The zero-order valence-electron chi connectivity index (χ0n) is 9.08. The van der Waals surface area contributed by atoms with Crippen LogP contribution in [-0.4, -0.2) is 28.2 Å². The molecule has 1 saturated heterocycles. The minimum atomic E-state index is -0.0781. The van der Waals surface area contributed by atoms with Crippen molar-refractivity contribution in [3.8, 4) is 0 Å². The number of aryl methyl sites for hydroxylation is 1. The summed E-state index contributed by atoms with van der Waals surface area (Å²) in [6, 6.07) is 0. The topological polar surface area (TPSA) is 59.0 Å². The van der Waals surface area contributed by atoms with E-state index < -0.39 is 0 Å². The van der Waals surface area contributed by atoms with Gasteiger partial charge in [-0.05, 0) is 19.9 Å². The van der Waals surface area contributed by atoms with E-state index >= 15 is 0 Å². The SMILES string of the molecule is Cn1ccnc(NC2(C)CCNC2)c1=O. The van der Waals surface area contributed by atoms with Crippen molar-refractivity contribution in [1.82, 2.24) is 14.9 Å². The number of nitrogens with one attached hydrogen (secondary N) is 2. The number of hydrogen-bond acceptors (Lipinski definition) is 4. The van der Waals surface area contributed by atoms with E-state index in [4.69, 9.17) is 0 Å². The van der Waals surface area contributed by atoms with Crippen LogP contribution in [-0.2, 0) is 7.05 Å². The van der Waals surface area contributed by atoms with E-state index in [1.54, 1.807) is 19.4 Å². The van der Waals surface area contributed by atoms with E-state index in [9.17, 15) is 4.79 Å². The fraction of sp³-hybridized carbons (Fsp3) is 0.600. The lowest BCUT2D eigenvalue weighted by atomic mass is 10.0. The standard InChI is InChI=1S/C10H16N4O/c1-10(3-4-11-7-10)13-8-9(15)14(2)6-5-12-8/h5-6,11H,3-4,7H2,1-2H3,(H,12,13). The Hall–Kier alpha value is -1.36. The van der Waals surface area contributed by atoms with Gasteiger partial charge in [0.05, 0.1) is 0 Å². The molecule has 0 bridgehead atoms. The molecule has 0 saturated carbocycles. The highest BCUT2D eigenvalue weighted by Gasteiger charge is 2.29. The first kappa shape index (κ1) is 10.2. The summed E-state index contributed by atoms with van der Waals surface area (Å²) in [4.78, 5) is 15.8. The van der Waals surface area contributed by atoms with Crippen molar-refractivity contribution in [2.75, 3.05) is 18.4 Å². The average molecular weight is 208 g/mol. The van der Waals surface area contributed by atoms with Gasteiger partial charge in [0.15, 0.2) is 5.82 Å². The van der Waals surface area contributed by atoms with Crippen LogP contribution in [0.15, 0.2) is 17.2 Å². The van der Waals surface area contributed by atoms with Crippen molar-refractivity contribution in [3.63, 3.8) is 0 Å². The molecule has 15 heavy (non-hydrogen) atoms. The molecule has 1 aromatic heterocycles. The number of nitrogens with zero attached hydrogens (tertiary/aromatic N) is 2. The molecule has 82 valence electrons. The summed E-state index contributed by atoms with van der Waals surface area (Å²) in [5, 5.41) is 6.49. The third kappa shape index (κ3) is 2.02. The van der Waals surface area contributed by atoms with Gasteiger partial charge < -0.3 is 15.2 Å². The molecule has 5 heteroatoms. The third-order valence-corrected chi connectivity index (χ3v) is 2.81. The molecule has 0 radical (unpaired) electrons. The lowest BCUT2D eigenvalue weighted by Gasteiger charge is -2.24. The Labute approximate surface area is 88.5 Å². The molecule has 5 nitrogen and oxygen atoms in total. The lowest BCUT2D eigenvalue weighted by molar-refractivity contribution is 0.561. The number of rotatable bonds is 2. The van der Waals surface area contributed by atoms with Crippen molar-refractivity contribution in [3.05, 3.63) is 22.7 Å². The second kappa shape index (κ2) is 3.66. The minimum Gasteiger partial charge on any atom is -0.359 e. The van der Waals surface area contributed by atoms with E-state index in [2.05, 4.69) is 22.5 Å². The predicted octanol–water partition coefficient (Wildman–Crippen LogP) is -0.0558. The van der Waals surface area contributed by atoms with Gasteiger partial charge >= 0.3 is 0 Å². The highest BCUT2D eigenvalue weighted by atomic mass is 16.1. The van der Waals surface area contributed by atoms with Gasteiger partial charge in [-0.1, -0.05) is 0 Å². The summed E-state index contributed by atoms with van der Waals surface area (Å²) in [7, 11) is 1.73. The molecular weight excluding hydrogens is 192 g/mol. The van der Waals surface area contributed by atoms with Gasteiger partial charge in [-0.25, -0.2) is 4.98 Å². The Balaban J connectivity index is 2.24. The monoisotopic (exact) mass is 208 g/mol. The van der Waals surface area contributed by atoms with E-state index in [0.29, 0.717) is 5.82 Å². The minimum absolute atomic E-state index is 0.0550. The second-order valence-corrected chi connectivity index (χ2v) is 4.30. The zero-order chi connectivity index (χ0) is 10.9. The summed E-state index contributed by atoms with van der Waals surface area (Å²) in [5.41, 5.74) is -0.133. The largest absolute Gasteiger partial charge is 0.359 e. The second-order valence-electron chi connectivity index (χ2n) is 4.30. The van der Waals surface area contributed by atoms with Gasteiger partial charge in [0.25, 0.3) is 5.56 Å². The van der Waals surface area contributed by atoms with Crippen LogP contribution in [0.3, 0.4) is 0 Å². The fourth-order valence-electron chi connectivity index (χ4n) is 1.79. The molecule has 1 aromatic rings. The summed E-state index contributed by atoms with van der Waals surface area (Å²) in [5.74, 6) is 0.436. The van der Waals surface area contributed by atoms with Crippen molar-refractivity contribution >= 4 is 5.82 Å². The quantitative estimate of drug-likeness (QED) is 0.715. The van der Waals surface area contributed by atoms with Crippen LogP contribution in [0.5, 0.6) is 0 Å². The van der Waals surface area contributed by atoms with Gasteiger partial charge in [-0.3, -0.25) is 4.79 Å². The van der Waals surface area contributed by atoms with Gasteiger partial charge in [0, 0.05) is 31.5 Å². The summed E-state index contributed by atoms with van der Waals surface area (Å²) in [6.45, 7) is 3.95. The van der Waals surface area contributed by atoms with Crippen molar-refractivity contribution in [1.29, 1.82) is 0 Å². The van der Waals surface area contributed by atoms with Gasteiger partial charge in [-0.15, -0.1) is 0 Å². The van der Waals surface area contributed by atoms with E-state index in [-0.39, 0.29) is 11.1 Å². The molecule has 0 spiro atoms. The molecule has 0 aliphatic carbocycles. The van der Waals surface area contributed by atoms with E-state index in [1.807, 2.05) is 0 Å². The van der Waals surface area contributed by atoms with Crippen molar-refractivity contribution in [2.24, 2.45) is 7.05 Å². The van der Waals surface area contributed by atoms with Crippen LogP contribution < -0.4 is 16.2 Å². The zero-order valence-corrected chi connectivity index (χ0v) is 9.08. The Morgan fingerprint density at radius 2 is 2.47 bits per heavy atom. The molecule has 2 heterocycles. The maximum atomic E-state index is 11.7. The molecule has 2 rings (SSSR count). The van der Waals surface area contributed by atoms with Gasteiger partial charge in [0.1, 0.15) is 0 Å². The maximum absolute atomic E-state index is 11.7. The summed E-state index contributed by atoms with van der Waals surface area (Å²) < 4.78 is 1.53. The Morgan fingerprint density at radius 1 is 1.67 bits per heavy atom. The predicted molar refractivity (Wildman–Crippen MR) is 59.0 cm³/mol. The average Bonchev–Trinajstić information content (AvgIpc) is 2.60. The van der Waals surface area contributed by atoms with Crippen LogP contribution in [0.4, 0.5) is 5.82 Å². The number of anilines is 1. The van der Waals surface area contributed by atoms with Gasteiger partial charge in [0.2, 0.25) is 0 Å². The molecular formula is C10H16N4O. The Bertz CT molecular complexity index is 406. The lowest BCUT2D eigenvalue weighted by Crippen LogP contribution is -2.40. The molecule has 1 fully saturated rings. The smallest absolute Gasteiger partial charge is 0.293 e. The Kier molecular flexibility index (Phi) is 2.48. The molecule has 2 N–H and O–H groups in total. The first-order valence-electron chi connectivity index (χ1n) is 5.11. The molecule has 1 aliphatic rings. The summed E-state index contributed by atoms with van der Waals surface area (Å²) in [6.07, 6.45) is 4.30. The van der Waals surface area contributed by atoms with Crippen LogP contribution >= 0.6 is 0 Å². The maximum Gasteiger partial charge on any atom is 0.293 e. The van der Waals surface area contributed by atoms with Crippen LogP contribution in [0.25, 0.3) is 0 Å². The highest BCUT2D eigenvalue weighted by Crippen LogP contribution is 2.17. The fourth-order valence-corrected chi connectivity index (χ4v) is 1.79. The van der Waals surface area contributed by atoms with Crippen molar-refractivity contribution < 1.29 is 0 Å². The Morgan fingerprint density at radius 3 is 3.13 bits per heavy atom. The highest BCUT2D eigenvalue weighted by molar-refractivity contribution is 5.35. The van der Waals surface area contributed by atoms with E-state index in [1.165, 1.54) is 4.57 Å². The van der Waals surface area contributed by atoms with Crippen LogP contribution in [0, 0.1) is 0 Å². The molecule has 1 atom stereocenters. The molecule has 1 unspecified atom stereocenters. The number of aromatic nitrogens is 2. The first-order valence-corrected chi connectivity index (χ1v) is 5.11. The summed E-state index contributed by atoms with van der Waals surface area (Å²) >= 11 is 0. The normalized spacial score (nSPS) is 25.5. The van der Waals surface area contributed by atoms with Crippen LogP contribution in [0.2, 0.25) is 0 Å². The molecule has 0 aromatic carbocycles. The number of hydrogen-bond donors (Lipinski definition) is 2. The molecule has 0 amide bonds. The molecule has 1 aliphatic heterocycles. The van der Waals surface area contributed by atoms with Crippen LogP contribution in [0.1, 0.15) is 13.3 Å². The van der Waals surface area contributed by atoms with Gasteiger partial charge in [-0.2, -0.15) is 0 Å². The van der Waals surface area contributed by atoms with Crippen molar-refractivity contribution in [2.45, 2.75) is 18.9 Å².